The molecule has 0 unspecified atom stereocenters. The maximum absolute atomic E-state index is 5.56. The van der Waals surface area contributed by atoms with Gasteiger partial charge in [0.2, 0.25) is 0 Å². The van der Waals surface area contributed by atoms with Crippen LogP contribution in [0.1, 0.15) is 18.1 Å². The van der Waals surface area contributed by atoms with Crippen LogP contribution < -0.4 is 0 Å². The molecule has 1 heteroatoms. The molecule has 0 atom stereocenters. The second kappa shape index (κ2) is 3.59. The number of rotatable bonds is 1. The predicted octanol–water partition coefficient (Wildman–Crippen LogP) is 3.59. The molecule has 0 aliphatic carbocycles. The minimum atomic E-state index is 1.10. The Balaban J connectivity index is 2.99. The Bertz CT molecular complexity index is 257. The third-order valence-electron chi connectivity index (χ3n) is 1.67. The second-order valence-corrected chi connectivity index (χ2v) is 2.88. The van der Waals surface area contributed by atoms with Crippen LogP contribution in [0.25, 0.3) is 5.57 Å². The average molecular weight is 167 g/mol. The molecular formula is C10H11Cl. The molecule has 0 amide bonds. The van der Waals surface area contributed by atoms with Gasteiger partial charge in [-0.25, -0.2) is 0 Å². The molecule has 11 heavy (non-hydrogen) atoms. The highest BCUT2D eigenvalue weighted by Gasteiger charge is 1.92. The molecule has 0 bridgehead atoms. The van der Waals surface area contributed by atoms with Gasteiger partial charge in [0.05, 0.1) is 0 Å². The summed E-state index contributed by atoms with van der Waals surface area (Å²) in [7, 11) is 0. The van der Waals surface area contributed by atoms with E-state index in [1.165, 1.54) is 11.1 Å². The van der Waals surface area contributed by atoms with Gasteiger partial charge in [-0.15, -0.1) is 0 Å². The van der Waals surface area contributed by atoms with E-state index in [-0.39, 0.29) is 0 Å². The van der Waals surface area contributed by atoms with Crippen LogP contribution in [0.5, 0.6) is 0 Å². The van der Waals surface area contributed by atoms with Gasteiger partial charge in [-0.2, -0.15) is 0 Å². The molecular weight excluding hydrogens is 156 g/mol. The van der Waals surface area contributed by atoms with E-state index >= 15 is 0 Å². The topological polar surface area (TPSA) is 0 Å². The van der Waals surface area contributed by atoms with Gasteiger partial charge in [0.25, 0.3) is 0 Å². The minimum Gasteiger partial charge on any atom is -0.0926 e. The molecule has 1 aromatic rings. The summed E-state index contributed by atoms with van der Waals surface area (Å²) in [6.07, 6.45) is 0. The van der Waals surface area contributed by atoms with Crippen molar-refractivity contribution < 1.29 is 0 Å². The lowest BCUT2D eigenvalue weighted by atomic mass is 10.1. The molecule has 0 N–H and O–H groups in total. The van der Waals surface area contributed by atoms with Gasteiger partial charge in [0.1, 0.15) is 0 Å². The molecule has 0 heterocycles. The lowest BCUT2D eigenvalue weighted by Gasteiger charge is -1.99. The number of halogens is 1. The van der Waals surface area contributed by atoms with Crippen LogP contribution in [0.3, 0.4) is 0 Å². The first kappa shape index (κ1) is 8.35. The summed E-state index contributed by atoms with van der Waals surface area (Å²) >= 11 is 5.56. The highest BCUT2D eigenvalue weighted by molar-refractivity contribution is 6.28. The van der Waals surface area contributed by atoms with Crippen LogP contribution in [0.4, 0.5) is 0 Å². The first-order valence-electron chi connectivity index (χ1n) is 3.58. The number of hydrogen-bond donors (Lipinski definition) is 0. The molecule has 1 rings (SSSR count). The third kappa shape index (κ3) is 2.09. The van der Waals surface area contributed by atoms with Crippen LogP contribution in [0.15, 0.2) is 29.8 Å². The van der Waals surface area contributed by atoms with Crippen LogP contribution in [-0.2, 0) is 0 Å². The molecule has 0 nitrogen and oxygen atoms in total. The van der Waals surface area contributed by atoms with E-state index in [1.54, 1.807) is 5.54 Å². The standard InChI is InChI=1S/C10H11Cl/c1-8-3-5-10(6-4-8)9(2)7-11/h3-7H,1-2H3/b9-7+. The van der Waals surface area contributed by atoms with Crippen LogP contribution in [-0.4, -0.2) is 0 Å². The Kier molecular flexibility index (Phi) is 2.72. The van der Waals surface area contributed by atoms with Gasteiger partial charge in [-0.05, 0) is 25.0 Å². The summed E-state index contributed by atoms with van der Waals surface area (Å²) < 4.78 is 0. The zero-order chi connectivity index (χ0) is 8.27. The number of allylic oxidation sites excluding steroid dienone is 1. The SMILES string of the molecule is C/C(=C\Cl)c1ccc(C)cc1. The average Bonchev–Trinajstić information content (AvgIpc) is 2.05. The molecule has 0 spiro atoms. The molecule has 0 aliphatic heterocycles. The summed E-state index contributed by atoms with van der Waals surface area (Å²) in [4.78, 5) is 0. The molecule has 1 aromatic carbocycles. The molecule has 0 aromatic heterocycles. The third-order valence-corrected chi connectivity index (χ3v) is 2.00. The van der Waals surface area contributed by atoms with Crippen molar-refractivity contribution in [2.75, 3.05) is 0 Å². The van der Waals surface area contributed by atoms with Crippen molar-refractivity contribution in [3.63, 3.8) is 0 Å². The van der Waals surface area contributed by atoms with Gasteiger partial charge in [-0.3, -0.25) is 0 Å². The quantitative estimate of drug-likeness (QED) is 0.598. The number of aryl methyl sites for hydroxylation is 1. The monoisotopic (exact) mass is 166 g/mol. The first-order chi connectivity index (χ1) is 5.24. The van der Waals surface area contributed by atoms with E-state index in [0.29, 0.717) is 0 Å². The van der Waals surface area contributed by atoms with Crippen molar-refractivity contribution in [1.29, 1.82) is 0 Å². The van der Waals surface area contributed by atoms with Crippen molar-refractivity contribution in [2.45, 2.75) is 13.8 Å². The predicted molar refractivity (Wildman–Crippen MR) is 50.7 cm³/mol. The van der Waals surface area contributed by atoms with E-state index in [2.05, 4.69) is 31.2 Å². The Morgan fingerprint density at radius 2 is 1.82 bits per heavy atom. The molecule has 0 fully saturated rings. The lowest BCUT2D eigenvalue weighted by Crippen LogP contribution is -1.77. The van der Waals surface area contributed by atoms with E-state index in [1.807, 2.05) is 6.92 Å². The van der Waals surface area contributed by atoms with Crippen molar-refractivity contribution in [2.24, 2.45) is 0 Å². The Labute approximate surface area is 72.5 Å². The zero-order valence-electron chi connectivity index (χ0n) is 6.76. The van der Waals surface area contributed by atoms with Crippen LogP contribution in [0.2, 0.25) is 0 Å². The van der Waals surface area contributed by atoms with E-state index in [4.69, 9.17) is 11.6 Å². The minimum absolute atomic E-state index is 1.10. The van der Waals surface area contributed by atoms with E-state index in [0.717, 1.165) is 5.57 Å². The van der Waals surface area contributed by atoms with Gasteiger partial charge < -0.3 is 0 Å². The fraction of sp³-hybridized carbons (Fsp3) is 0.200. The normalized spacial score (nSPS) is 11.7. The van der Waals surface area contributed by atoms with Crippen molar-refractivity contribution >= 4 is 17.2 Å². The molecule has 0 radical (unpaired) electrons. The fourth-order valence-electron chi connectivity index (χ4n) is 0.879. The molecule has 0 saturated heterocycles. The zero-order valence-corrected chi connectivity index (χ0v) is 7.52. The summed E-state index contributed by atoms with van der Waals surface area (Å²) in [5, 5.41) is 0. The van der Waals surface area contributed by atoms with E-state index < -0.39 is 0 Å². The summed E-state index contributed by atoms with van der Waals surface area (Å²) in [5.41, 5.74) is 5.17. The van der Waals surface area contributed by atoms with Gasteiger partial charge in [0.15, 0.2) is 0 Å². The highest BCUT2D eigenvalue weighted by Crippen LogP contribution is 2.14. The maximum Gasteiger partial charge on any atom is 0.00777 e. The molecule has 58 valence electrons. The maximum atomic E-state index is 5.56. The summed E-state index contributed by atoms with van der Waals surface area (Å²) in [6.45, 7) is 4.07. The lowest BCUT2D eigenvalue weighted by molar-refractivity contribution is 1.45. The van der Waals surface area contributed by atoms with Crippen LogP contribution >= 0.6 is 11.6 Å². The Hall–Kier alpha value is -0.750. The van der Waals surface area contributed by atoms with Crippen molar-refractivity contribution in [3.05, 3.63) is 40.9 Å². The summed E-state index contributed by atoms with van der Waals surface area (Å²) in [5.74, 6) is 0. The number of benzene rings is 1. The Morgan fingerprint density at radius 1 is 1.27 bits per heavy atom. The van der Waals surface area contributed by atoms with Crippen molar-refractivity contribution in [3.8, 4) is 0 Å². The summed E-state index contributed by atoms with van der Waals surface area (Å²) in [6, 6.07) is 8.31. The van der Waals surface area contributed by atoms with Crippen molar-refractivity contribution in [1.82, 2.24) is 0 Å². The molecule has 0 saturated carbocycles. The second-order valence-electron chi connectivity index (χ2n) is 2.66. The Morgan fingerprint density at radius 3 is 2.27 bits per heavy atom. The van der Waals surface area contributed by atoms with Gasteiger partial charge in [0, 0.05) is 5.54 Å². The van der Waals surface area contributed by atoms with Crippen LogP contribution in [0, 0.1) is 6.92 Å². The largest absolute Gasteiger partial charge is 0.0926 e. The smallest absolute Gasteiger partial charge is 0.00777 e. The first-order valence-corrected chi connectivity index (χ1v) is 4.01. The highest BCUT2D eigenvalue weighted by atomic mass is 35.5. The van der Waals surface area contributed by atoms with E-state index in [9.17, 15) is 0 Å². The fourth-order valence-corrected chi connectivity index (χ4v) is 1.01. The van der Waals surface area contributed by atoms with Gasteiger partial charge in [-0.1, -0.05) is 41.4 Å². The number of hydrogen-bond acceptors (Lipinski definition) is 0. The molecule has 0 aliphatic rings. The van der Waals surface area contributed by atoms with Gasteiger partial charge >= 0.3 is 0 Å².